The lowest BCUT2D eigenvalue weighted by Gasteiger charge is -2.44. The molecular formula is C70H59BN2S. The number of fused-ring (bicyclic) bond motifs is 15. The zero-order valence-corrected chi connectivity index (χ0v) is 44.4. The number of nitrogens with zero attached hydrogens (tertiary/aromatic N) is 2. The third-order valence-corrected chi connectivity index (χ3v) is 18.2. The fourth-order valence-electron chi connectivity index (χ4n) is 13.2. The van der Waals surface area contributed by atoms with Gasteiger partial charge in [-0.2, -0.15) is 0 Å². The quantitative estimate of drug-likeness (QED) is 0.153. The second-order valence-corrected chi connectivity index (χ2v) is 23.9. The molecule has 3 heterocycles. The van der Waals surface area contributed by atoms with Crippen LogP contribution in [0.5, 0.6) is 0 Å². The number of rotatable bonds is 6. The number of anilines is 6. The standard InChI is InChI=1S/C70H59BN2S/c1-42(2)45-26-32-50(33-27-45)72-61-40-48(53-21-13-12-20-52(53)47-18-10-9-11-19-47)30-37-60(61)71-65-62(72)38-44(5)39-63(65)73(51-34-28-46(29-35-51)43(3)4)66-64-56-36-31-49(69(6,7)8)41-59(56)70(67(64)74-68(66)71)57-24-16-14-22-54(57)55-23-15-17-25-58(55)70/h9-43H,1-8H3. The maximum Gasteiger partial charge on any atom is 0.264 e. The summed E-state index contributed by atoms with van der Waals surface area (Å²) >= 11 is 2.07. The molecule has 0 unspecified atom stereocenters. The smallest absolute Gasteiger partial charge is 0.264 e. The minimum atomic E-state index is -0.494. The Morgan fingerprint density at radius 2 is 1.01 bits per heavy atom. The van der Waals surface area contributed by atoms with Gasteiger partial charge >= 0.3 is 0 Å². The zero-order valence-electron chi connectivity index (χ0n) is 43.6. The normalized spacial score (nSPS) is 14.2. The van der Waals surface area contributed by atoms with Gasteiger partial charge < -0.3 is 9.80 Å². The molecule has 2 nitrogen and oxygen atoms in total. The molecule has 14 rings (SSSR count). The highest BCUT2D eigenvalue weighted by atomic mass is 32.1. The van der Waals surface area contributed by atoms with E-state index in [0.717, 1.165) is 0 Å². The second-order valence-electron chi connectivity index (χ2n) is 22.9. The third kappa shape index (κ3) is 6.37. The largest absolute Gasteiger partial charge is 0.311 e. The fourth-order valence-corrected chi connectivity index (χ4v) is 14.9. The van der Waals surface area contributed by atoms with Crippen LogP contribution in [0.4, 0.5) is 34.1 Å². The Labute approximate surface area is 441 Å². The molecule has 10 aromatic rings. The van der Waals surface area contributed by atoms with Gasteiger partial charge in [-0.1, -0.05) is 206 Å². The van der Waals surface area contributed by atoms with Gasteiger partial charge in [-0.3, -0.25) is 0 Å². The highest BCUT2D eigenvalue weighted by molar-refractivity contribution is 7.30. The number of hydrogen-bond donors (Lipinski definition) is 0. The van der Waals surface area contributed by atoms with E-state index in [1.165, 1.54) is 138 Å². The summed E-state index contributed by atoms with van der Waals surface area (Å²) < 4.78 is 1.40. The molecule has 0 bridgehead atoms. The Morgan fingerprint density at radius 3 is 1.61 bits per heavy atom. The van der Waals surface area contributed by atoms with Crippen LogP contribution in [0.2, 0.25) is 0 Å². The molecule has 4 aliphatic rings. The second kappa shape index (κ2) is 16.4. The van der Waals surface area contributed by atoms with Crippen LogP contribution in [0, 0.1) is 6.92 Å². The lowest BCUT2D eigenvalue weighted by atomic mass is 9.36. The predicted octanol–water partition coefficient (Wildman–Crippen LogP) is 17.4. The summed E-state index contributed by atoms with van der Waals surface area (Å²) in [5, 5.41) is 0. The van der Waals surface area contributed by atoms with Crippen molar-refractivity contribution in [2.75, 3.05) is 9.80 Å². The summed E-state index contributed by atoms with van der Waals surface area (Å²) in [5.41, 5.74) is 29.3. The molecule has 74 heavy (non-hydrogen) atoms. The Hall–Kier alpha value is -7.66. The molecule has 0 saturated carbocycles. The van der Waals surface area contributed by atoms with Gasteiger partial charge in [0.2, 0.25) is 0 Å². The van der Waals surface area contributed by atoms with Gasteiger partial charge in [-0.05, 0) is 155 Å². The van der Waals surface area contributed by atoms with E-state index in [2.05, 4.69) is 277 Å². The van der Waals surface area contributed by atoms with E-state index in [9.17, 15) is 0 Å². The van der Waals surface area contributed by atoms with E-state index in [4.69, 9.17) is 0 Å². The Morgan fingerprint density at radius 1 is 0.473 bits per heavy atom. The molecule has 358 valence electrons. The molecule has 0 N–H and O–H groups in total. The summed E-state index contributed by atoms with van der Waals surface area (Å²) in [5.74, 6) is 0.849. The van der Waals surface area contributed by atoms with Gasteiger partial charge in [-0.25, -0.2) is 0 Å². The molecule has 0 saturated heterocycles. The first-order valence-corrected chi connectivity index (χ1v) is 27.5. The number of aryl methyl sites for hydroxylation is 1. The SMILES string of the molecule is Cc1cc2c3c(c1)N(c1ccc(C(C)C)cc1)c1c(sc4c1-c1ccc(C(C)(C)C)cc1C41c4ccccc4-c4ccccc41)B3c1ccc(-c3ccccc3-c3ccccc3)cc1N2c1ccc(C(C)C)cc1. The molecule has 0 amide bonds. The Kier molecular flexibility index (Phi) is 9.99. The van der Waals surface area contributed by atoms with Crippen LogP contribution in [0.3, 0.4) is 0 Å². The van der Waals surface area contributed by atoms with Gasteiger partial charge in [0.15, 0.2) is 0 Å². The van der Waals surface area contributed by atoms with E-state index in [1.807, 2.05) is 0 Å². The molecular weight excluding hydrogens is 912 g/mol. The molecule has 0 radical (unpaired) electrons. The number of hydrogen-bond acceptors (Lipinski definition) is 3. The van der Waals surface area contributed by atoms with E-state index in [1.54, 1.807) is 0 Å². The Bertz CT molecular complexity index is 3860. The highest BCUT2D eigenvalue weighted by Gasteiger charge is 2.57. The molecule has 0 atom stereocenters. The summed E-state index contributed by atoms with van der Waals surface area (Å²) in [4.78, 5) is 6.70. The monoisotopic (exact) mass is 970 g/mol. The van der Waals surface area contributed by atoms with E-state index >= 15 is 0 Å². The molecule has 9 aromatic carbocycles. The summed E-state index contributed by atoms with van der Waals surface area (Å²) in [6.07, 6.45) is 0. The molecule has 1 aromatic heterocycles. The van der Waals surface area contributed by atoms with Crippen LogP contribution < -0.4 is 25.5 Å². The zero-order chi connectivity index (χ0) is 50.4. The van der Waals surface area contributed by atoms with Crippen LogP contribution in [-0.2, 0) is 10.8 Å². The summed E-state index contributed by atoms with van der Waals surface area (Å²) in [6.45, 7) is 18.5. The lowest BCUT2D eigenvalue weighted by molar-refractivity contribution is 0.588. The van der Waals surface area contributed by atoms with Crippen molar-refractivity contribution in [2.24, 2.45) is 0 Å². The van der Waals surface area contributed by atoms with E-state index < -0.39 is 5.41 Å². The average Bonchev–Trinajstić information content (AvgIpc) is 4.12. The van der Waals surface area contributed by atoms with Crippen LogP contribution in [0.15, 0.2) is 200 Å². The first-order valence-electron chi connectivity index (χ1n) is 26.7. The third-order valence-electron chi connectivity index (χ3n) is 16.8. The molecule has 4 heteroatoms. The number of thiophene rings is 1. The first-order chi connectivity index (χ1) is 35.9. The average molecular weight is 971 g/mol. The maximum atomic E-state index is 2.68. The predicted molar refractivity (Wildman–Crippen MR) is 317 cm³/mol. The van der Waals surface area contributed by atoms with E-state index in [0.29, 0.717) is 11.8 Å². The van der Waals surface area contributed by atoms with Crippen molar-refractivity contribution in [1.82, 2.24) is 0 Å². The van der Waals surface area contributed by atoms with Crippen LogP contribution in [0.25, 0.3) is 44.5 Å². The van der Waals surface area contributed by atoms with Crippen LogP contribution >= 0.6 is 11.3 Å². The molecule has 2 aliphatic carbocycles. The van der Waals surface area contributed by atoms with Crippen LogP contribution in [0.1, 0.15) is 104 Å². The van der Waals surface area contributed by atoms with Gasteiger partial charge in [0.1, 0.15) is 0 Å². The van der Waals surface area contributed by atoms with Crippen LogP contribution in [-0.4, -0.2) is 6.71 Å². The van der Waals surface area contributed by atoms with Gasteiger partial charge in [-0.15, -0.1) is 11.3 Å². The molecule has 1 spiro atoms. The highest BCUT2D eigenvalue weighted by Crippen LogP contribution is 2.67. The van der Waals surface area contributed by atoms with E-state index in [-0.39, 0.29) is 12.1 Å². The topological polar surface area (TPSA) is 6.48 Å². The lowest BCUT2D eigenvalue weighted by Crippen LogP contribution is -2.60. The van der Waals surface area contributed by atoms with Crippen molar-refractivity contribution in [2.45, 2.75) is 78.1 Å². The summed E-state index contributed by atoms with van der Waals surface area (Å²) in [7, 11) is 0. The minimum Gasteiger partial charge on any atom is -0.311 e. The van der Waals surface area contributed by atoms with Crippen molar-refractivity contribution < 1.29 is 0 Å². The first kappa shape index (κ1) is 45.0. The van der Waals surface area contributed by atoms with Gasteiger partial charge in [0.25, 0.3) is 6.71 Å². The maximum absolute atomic E-state index is 2.68. The minimum absolute atomic E-state index is 0.0294. The number of benzene rings is 9. The van der Waals surface area contributed by atoms with Crippen molar-refractivity contribution >= 4 is 67.9 Å². The van der Waals surface area contributed by atoms with Crippen molar-refractivity contribution in [1.29, 1.82) is 0 Å². The van der Waals surface area contributed by atoms with Crippen molar-refractivity contribution in [3.63, 3.8) is 0 Å². The molecule has 0 fully saturated rings. The molecule has 2 aliphatic heterocycles. The van der Waals surface area contributed by atoms with Crippen molar-refractivity contribution in [3.8, 4) is 44.5 Å². The van der Waals surface area contributed by atoms with Gasteiger partial charge in [0.05, 0.1) is 11.1 Å². The Balaban J connectivity index is 1.11. The summed E-state index contributed by atoms with van der Waals surface area (Å²) in [6, 6.07) is 77.2. The fraction of sp³-hybridized carbons (Fsp3) is 0.171. The van der Waals surface area contributed by atoms with Crippen molar-refractivity contribution in [3.05, 3.63) is 244 Å². The van der Waals surface area contributed by atoms with Gasteiger partial charge in [0, 0.05) is 43.7 Å².